The van der Waals surface area contributed by atoms with E-state index in [0.29, 0.717) is 0 Å². The highest BCUT2D eigenvalue weighted by Crippen LogP contribution is 2.35. The van der Waals surface area contributed by atoms with Gasteiger partial charge in [0, 0.05) is 11.5 Å². The van der Waals surface area contributed by atoms with Crippen molar-refractivity contribution in [2.45, 2.75) is 50.0 Å². The summed E-state index contributed by atoms with van der Waals surface area (Å²) in [6.07, 6.45) is 8.64. The Labute approximate surface area is 85.3 Å². The van der Waals surface area contributed by atoms with Gasteiger partial charge in [-0.2, -0.15) is 0 Å². The molecular formula is C10H20S2. The minimum absolute atomic E-state index is 0.951. The van der Waals surface area contributed by atoms with Crippen molar-refractivity contribution in [3.05, 3.63) is 0 Å². The van der Waals surface area contributed by atoms with Crippen LogP contribution in [0.15, 0.2) is 0 Å². The Bertz CT molecular complexity index is 98.0. The minimum Gasteiger partial charge on any atom is -0.147 e. The summed E-state index contributed by atoms with van der Waals surface area (Å²) < 4.78 is 0.951. The van der Waals surface area contributed by atoms with Crippen LogP contribution in [0.5, 0.6) is 0 Å². The highest BCUT2D eigenvalue weighted by atomic mass is 32.2. The van der Waals surface area contributed by atoms with Crippen molar-refractivity contribution in [2.24, 2.45) is 0 Å². The van der Waals surface area contributed by atoms with Gasteiger partial charge in [0.25, 0.3) is 0 Å². The van der Waals surface area contributed by atoms with E-state index >= 15 is 0 Å². The number of thioether (sulfide) groups is 2. The first kappa shape index (κ1) is 10.8. The molecule has 0 unspecified atom stereocenters. The van der Waals surface area contributed by atoms with Gasteiger partial charge in [0.1, 0.15) is 0 Å². The quantitative estimate of drug-likeness (QED) is 0.596. The Hall–Kier alpha value is 0.700. The summed E-state index contributed by atoms with van der Waals surface area (Å²) in [7, 11) is 0. The highest BCUT2D eigenvalue weighted by molar-refractivity contribution is 8.20. The van der Waals surface area contributed by atoms with Gasteiger partial charge in [-0.25, -0.2) is 0 Å². The number of hydrogen-bond acceptors (Lipinski definition) is 2. The first-order valence-corrected chi connectivity index (χ1v) is 7.26. The standard InChI is InChI=1S/C10H20S2/c1-2-3-4-5-6-7-10-11-8-9-12-10/h10H,2-9H2,1H3. The molecular weight excluding hydrogens is 184 g/mol. The van der Waals surface area contributed by atoms with Crippen LogP contribution in [0.1, 0.15) is 45.4 Å². The zero-order valence-electron chi connectivity index (χ0n) is 8.05. The van der Waals surface area contributed by atoms with Crippen LogP contribution < -0.4 is 0 Å². The van der Waals surface area contributed by atoms with E-state index in [4.69, 9.17) is 0 Å². The molecule has 1 heterocycles. The molecule has 0 aromatic heterocycles. The van der Waals surface area contributed by atoms with Crippen LogP contribution in [0.4, 0.5) is 0 Å². The topological polar surface area (TPSA) is 0 Å². The van der Waals surface area contributed by atoms with E-state index in [9.17, 15) is 0 Å². The van der Waals surface area contributed by atoms with E-state index in [0.717, 1.165) is 4.58 Å². The fourth-order valence-electron chi connectivity index (χ4n) is 1.49. The Morgan fingerprint density at radius 2 is 1.67 bits per heavy atom. The molecule has 0 N–H and O–H groups in total. The molecule has 0 atom stereocenters. The monoisotopic (exact) mass is 204 g/mol. The van der Waals surface area contributed by atoms with E-state index in [2.05, 4.69) is 30.4 Å². The molecule has 72 valence electrons. The van der Waals surface area contributed by atoms with E-state index in [-0.39, 0.29) is 0 Å². The fraction of sp³-hybridized carbons (Fsp3) is 1.00. The molecule has 2 heteroatoms. The first-order chi connectivity index (χ1) is 5.93. The van der Waals surface area contributed by atoms with Gasteiger partial charge in [0.05, 0.1) is 4.58 Å². The summed E-state index contributed by atoms with van der Waals surface area (Å²) in [4.78, 5) is 0. The molecule has 0 radical (unpaired) electrons. The summed E-state index contributed by atoms with van der Waals surface area (Å²) in [6.45, 7) is 2.28. The fourth-order valence-corrected chi connectivity index (χ4v) is 4.41. The van der Waals surface area contributed by atoms with Gasteiger partial charge in [-0.05, 0) is 6.42 Å². The van der Waals surface area contributed by atoms with Crippen molar-refractivity contribution in [3.8, 4) is 0 Å². The number of rotatable bonds is 6. The lowest BCUT2D eigenvalue weighted by atomic mass is 10.1. The van der Waals surface area contributed by atoms with Crippen molar-refractivity contribution < 1.29 is 0 Å². The number of unbranched alkanes of at least 4 members (excludes halogenated alkanes) is 4. The largest absolute Gasteiger partial charge is 0.147 e. The lowest BCUT2D eigenvalue weighted by Crippen LogP contribution is -1.91. The summed E-state index contributed by atoms with van der Waals surface area (Å²) >= 11 is 4.34. The summed E-state index contributed by atoms with van der Waals surface area (Å²) in [5.74, 6) is 2.79. The van der Waals surface area contributed by atoms with Gasteiger partial charge in [-0.1, -0.05) is 39.0 Å². The lowest BCUT2D eigenvalue weighted by molar-refractivity contribution is 0.623. The van der Waals surface area contributed by atoms with Crippen LogP contribution in [0.3, 0.4) is 0 Å². The minimum atomic E-state index is 0.951. The van der Waals surface area contributed by atoms with E-state index in [1.54, 1.807) is 0 Å². The molecule has 0 spiro atoms. The van der Waals surface area contributed by atoms with Crippen molar-refractivity contribution >= 4 is 23.5 Å². The Balaban J connectivity index is 1.81. The third-order valence-electron chi connectivity index (χ3n) is 2.23. The SMILES string of the molecule is CCCCCCCC1SCCS1. The van der Waals surface area contributed by atoms with Crippen LogP contribution >= 0.6 is 23.5 Å². The molecule has 12 heavy (non-hydrogen) atoms. The van der Waals surface area contributed by atoms with E-state index in [1.807, 2.05) is 0 Å². The Kier molecular flexibility index (Phi) is 6.41. The molecule has 0 aliphatic carbocycles. The molecule has 1 saturated heterocycles. The van der Waals surface area contributed by atoms with E-state index in [1.165, 1.54) is 50.0 Å². The van der Waals surface area contributed by atoms with E-state index < -0.39 is 0 Å². The van der Waals surface area contributed by atoms with Gasteiger partial charge < -0.3 is 0 Å². The molecule has 0 nitrogen and oxygen atoms in total. The average molecular weight is 204 g/mol. The molecule has 1 fully saturated rings. The molecule has 0 aromatic rings. The lowest BCUT2D eigenvalue weighted by Gasteiger charge is -2.06. The summed E-state index contributed by atoms with van der Waals surface area (Å²) in [6, 6.07) is 0. The first-order valence-electron chi connectivity index (χ1n) is 5.16. The zero-order valence-corrected chi connectivity index (χ0v) is 9.68. The van der Waals surface area contributed by atoms with Gasteiger partial charge in [-0.3, -0.25) is 0 Å². The average Bonchev–Trinajstić information content (AvgIpc) is 2.57. The summed E-state index contributed by atoms with van der Waals surface area (Å²) in [5.41, 5.74) is 0. The maximum absolute atomic E-state index is 2.28. The van der Waals surface area contributed by atoms with Crippen molar-refractivity contribution in [1.82, 2.24) is 0 Å². The smallest absolute Gasteiger partial charge is 0.0503 e. The molecule has 0 aromatic carbocycles. The van der Waals surface area contributed by atoms with Crippen molar-refractivity contribution in [1.29, 1.82) is 0 Å². The molecule has 1 aliphatic heterocycles. The van der Waals surface area contributed by atoms with Crippen molar-refractivity contribution in [2.75, 3.05) is 11.5 Å². The maximum Gasteiger partial charge on any atom is 0.0503 e. The van der Waals surface area contributed by atoms with Crippen molar-refractivity contribution in [3.63, 3.8) is 0 Å². The normalized spacial score (nSPS) is 18.8. The predicted octanol–water partition coefficient (Wildman–Crippen LogP) is 4.15. The molecule has 1 aliphatic rings. The van der Waals surface area contributed by atoms with Crippen LogP contribution in [0.25, 0.3) is 0 Å². The summed E-state index contributed by atoms with van der Waals surface area (Å²) in [5, 5.41) is 0. The maximum atomic E-state index is 2.28. The Morgan fingerprint density at radius 1 is 1.00 bits per heavy atom. The van der Waals surface area contributed by atoms with Crippen LogP contribution in [0.2, 0.25) is 0 Å². The van der Waals surface area contributed by atoms with Gasteiger partial charge in [0.2, 0.25) is 0 Å². The van der Waals surface area contributed by atoms with Gasteiger partial charge in [-0.15, -0.1) is 23.5 Å². The Morgan fingerprint density at radius 3 is 2.33 bits per heavy atom. The van der Waals surface area contributed by atoms with Crippen LogP contribution in [-0.4, -0.2) is 16.1 Å². The third kappa shape index (κ3) is 4.66. The second-order valence-electron chi connectivity index (χ2n) is 3.37. The number of hydrogen-bond donors (Lipinski definition) is 0. The van der Waals surface area contributed by atoms with Crippen LogP contribution in [-0.2, 0) is 0 Å². The predicted molar refractivity (Wildman–Crippen MR) is 62.1 cm³/mol. The second-order valence-corrected chi connectivity index (χ2v) is 6.29. The van der Waals surface area contributed by atoms with Crippen LogP contribution in [0, 0.1) is 0 Å². The third-order valence-corrected chi connectivity index (χ3v) is 5.40. The molecule has 0 saturated carbocycles. The van der Waals surface area contributed by atoms with Gasteiger partial charge in [0.15, 0.2) is 0 Å². The van der Waals surface area contributed by atoms with Gasteiger partial charge >= 0.3 is 0 Å². The second kappa shape index (κ2) is 7.14. The highest BCUT2D eigenvalue weighted by Gasteiger charge is 2.14. The molecule has 0 bridgehead atoms. The molecule has 1 rings (SSSR count). The zero-order chi connectivity index (χ0) is 8.65. The molecule has 0 amide bonds.